The molecule has 1 aliphatic carbocycles. The summed E-state index contributed by atoms with van der Waals surface area (Å²) in [6.07, 6.45) is 11.0. The Bertz CT molecular complexity index is 302. The lowest BCUT2D eigenvalue weighted by atomic mass is 9.89. The summed E-state index contributed by atoms with van der Waals surface area (Å²) >= 11 is 0. The van der Waals surface area contributed by atoms with Crippen LogP contribution in [0.1, 0.15) is 44.2 Å². The Morgan fingerprint density at radius 1 is 1.31 bits per heavy atom. The maximum atomic E-state index is 5.48. The van der Waals surface area contributed by atoms with E-state index in [9.17, 15) is 0 Å². The van der Waals surface area contributed by atoms with E-state index in [0.717, 1.165) is 37.5 Å². The molecule has 1 fully saturated rings. The molecule has 0 spiro atoms. The van der Waals surface area contributed by atoms with Crippen LogP contribution in [0.15, 0.2) is 6.20 Å². The molecular weight excluding hydrogens is 200 g/mol. The van der Waals surface area contributed by atoms with Gasteiger partial charge in [0, 0.05) is 12.7 Å². The average Bonchev–Trinajstić information content (AvgIpc) is 2.75. The Labute approximate surface area is 97.2 Å². The molecule has 1 saturated carbocycles. The van der Waals surface area contributed by atoms with Gasteiger partial charge in [-0.1, -0.05) is 24.5 Å². The Hall–Kier alpha value is -0.900. The molecule has 0 saturated heterocycles. The molecule has 0 radical (unpaired) electrons. The lowest BCUT2D eigenvalue weighted by molar-refractivity contribution is 0.305. The SMILES string of the molecule is NCCCc1cn(CC2CCCCC2)nn1. The fourth-order valence-electron chi connectivity index (χ4n) is 2.46. The van der Waals surface area contributed by atoms with Crippen molar-refractivity contribution in [3.8, 4) is 0 Å². The molecule has 1 aromatic rings. The summed E-state index contributed by atoms with van der Waals surface area (Å²) in [7, 11) is 0. The van der Waals surface area contributed by atoms with E-state index in [1.807, 2.05) is 4.68 Å². The maximum Gasteiger partial charge on any atom is 0.0827 e. The monoisotopic (exact) mass is 222 g/mol. The Kier molecular flexibility index (Phi) is 4.34. The summed E-state index contributed by atoms with van der Waals surface area (Å²) in [5, 5.41) is 8.37. The van der Waals surface area contributed by atoms with Crippen molar-refractivity contribution < 1.29 is 0 Å². The molecule has 1 aromatic heterocycles. The summed E-state index contributed by atoms with van der Waals surface area (Å²) < 4.78 is 2.02. The van der Waals surface area contributed by atoms with Crippen LogP contribution >= 0.6 is 0 Å². The molecule has 0 bridgehead atoms. The molecule has 0 aromatic carbocycles. The number of hydrogen-bond donors (Lipinski definition) is 1. The van der Waals surface area contributed by atoms with E-state index < -0.39 is 0 Å². The van der Waals surface area contributed by atoms with E-state index in [4.69, 9.17) is 5.73 Å². The summed E-state index contributed by atoms with van der Waals surface area (Å²) in [6.45, 7) is 1.78. The normalized spacial score (nSPS) is 17.8. The summed E-state index contributed by atoms with van der Waals surface area (Å²) in [5.41, 5.74) is 6.56. The first-order valence-corrected chi connectivity index (χ1v) is 6.47. The van der Waals surface area contributed by atoms with Gasteiger partial charge in [-0.25, -0.2) is 0 Å². The first kappa shape index (κ1) is 11.6. The van der Waals surface area contributed by atoms with E-state index in [0.29, 0.717) is 0 Å². The van der Waals surface area contributed by atoms with Gasteiger partial charge in [0.05, 0.1) is 5.69 Å². The summed E-state index contributed by atoms with van der Waals surface area (Å²) in [4.78, 5) is 0. The highest BCUT2D eigenvalue weighted by Gasteiger charge is 2.14. The van der Waals surface area contributed by atoms with E-state index in [1.54, 1.807) is 0 Å². The molecule has 4 heteroatoms. The van der Waals surface area contributed by atoms with E-state index in [2.05, 4.69) is 16.5 Å². The number of aromatic nitrogens is 3. The molecule has 0 amide bonds. The fourth-order valence-corrected chi connectivity index (χ4v) is 2.46. The number of aryl methyl sites for hydroxylation is 1. The van der Waals surface area contributed by atoms with E-state index in [-0.39, 0.29) is 0 Å². The van der Waals surface area contributed by atoms with Crippen LogP contribution in [0, 0.1) is 5.92 Å². The van der Waals surface area contributed by atoms with Crippen molar-refractivity contribution in [3.05, 3.63) is 11.9 Å². The van der Waals surface area contributed by atoms with E-state index in [1.165, 1.54) is 32.1 Å². The van der Waals surface area contributed by atoms with Gasteiger partial charge >= 0.3 is 0 Å². The second-order valence-corrected chi connectivity index (χ2v) is 4.83. The van der Waals surface area contributed by atoms with Gasteiger partial charge in [0.25, 0.3) is 0 Å². The number of hydrogen-bond acceptors (Lipinski definition) is 3. The van der Waals surface area contributed by atoms with Crippen molar-refractivity contribution in [2.45, 2.75) is 51.5 Å². The highest BCUT2D eigenvalue weighted by atomic mass is 15.4. The van der Waals surface area contributed by atoms with Crippen molar-refractivity contribution in [2.75, 3.05) is 6.54 Å². The minimum Gasteiger partial charge on any atom is -0.330 e. The largest absolute Gasteiger partial charge is 0.330 e. The highest BCUT2D eigenvalue weighted by Crippen LogP contribution is 2.24. The van der Waals surface area contributed by atoms with Gasteiger partial charge in [-0.15, -0.1) is 5.10 Å². The molecule has 2 N–H and O–H groups in total. The zero-order chi connectivity index (χ0) is 11.2. The Morgan fingerprint density at radius 2 is 2.12 bits per heavy atom. The van der Waals surface area contributed by atoms with Crippen molar-refractivity contribution >= 4 is 0 Å². The maximum absolute atomic E-state index is 5.48. The number of rotatable bonds is 5. The summed E-state index contributed by atoms with van der Waals surface area (Å²) in [6, 6.07) is 0. The molecule has 2 rings (SSSR count). The topological polar surface area (TPSA) is 56.7 Å². The van der Waals surface area contributed by atoms with Crippen molar-refractivity contribution in [3.63, 3.8) is 0 Å². The molecule has 90 valence electrons. The van der Waals surface area contributed by atoms with Crippen LogP contribution in [0.2, 0.25) is 0 Å². The zero-order valence-electron chi connectivity index (χ0n) is 9.94. The molecule has 0 unspecified atom stereocenters. The van der Waals surface area contributed by atoms with Gasteiger partial charge in [0.2, 0.25) is 0 Å². The lowest BCUT2D eigenvalue weighted by Crippen LogP contribution is -2.14. The molecule has 16 heavy (non-hydrogen) atoms. The molecule has 1 aliphatic rings. The average molecular weight is 222 g/mol. The van der Waals surface area contributed by atoms with Crippen LogP contribution in [0.3, 0.4) is 0 Å². The second-order valence-electron chi connectivity index (χ2n) is 4.83. The first-order chi connectivity index (χ1) is 7.88. The predicted octanol–water partition coefficient (Wildman–Crippen LogP) is 1.75. The molecule has 0 atom stereocenters. The number of nitrogens with two attached hydrogens (primary N) is 1. The minimum absolute atomic E-state index is 0.732. The number of nitrogens with zero attached hydrogens (tertiary/aromatic N) is 3. The Balaban J connectivity index is 1.81. The third-order valence-electron chi connectivity index (χ3n) is 3.39. The standard InChI is InChI=1S/C12H22N4/c13-8-4-7-12-10-16(15-14-12)9-11-5-2-1-3-6-11/h10-11H,1-9,13H2. The van der Waals surface area contributed by atoms with Gasteiger partial charge in [-0.05, 0) is 38.1 Å². The van der Waals surface area contributed by atoms with Crippen molar-refractivity contribution in [1.82, 2.24) is 15.0 Å². The second kappa shape index (κ2) is 5.99. The third kappa shape index (κ3) is 3.30. The van der Waals surface area contributed by atoms with E-state index >= 15 is 0 Å². The summed E-state index contributed by atoms with van der Waals surface area (Å²) in [5.74, 6) is 0.817. The van der Waals surface area contributed by atoms with Crippen LogP contribution in [-0.4, -0.2) is 21.5 Å². The molecule has 4 nitrogen and oxygen atoms in total. The Morgan fingerprint density at radius 3 is 2.88 bits per heavy atom. The predicted molar refractivity (Wildman–Crippen MR) is 64.0 cm³/mol. The minimum atomic E-state index is 0.732. The van der Waals surface area contributed by atoms with Crippen LogP contribution in [0.5, 0.6) is 0 Å². The van der Waals surface area contributed by atoms with Crippen LogP contribution in [0.4, 0.5) is 0 Å². The molecule has 1 heterocycles. The fraction of sp³-hybridized carbons (Fsp3) is 0.833. The van der Waals surface area contributed by atoms with Crippen LogP contribution in [0.25, 0.3) is 0 Å². The van der Waals surface area contributed by atoms with Gasteiger partial charge in [-0.2, -0.15) is 0 Å². The van der Waals surface area contributed by atoms with Gasteiger partial charge in [0.15, 0.2) is 0 Å². The van der Waals surface area contributed by atoms with Gasteiger partial charge < -0.3 is 5.73 Å². The quantitative estimate of drug-likeness (QED) is 0.825. The zero-order valence-corrected chi connectivity index (χ0v) is 9.94. The van der Waals surface area contributed by atoms with Gasteiger partial charge in [0.1, 0.15) is 0 Å². The lowest BCUT2D eigenvalue weighted by Gasteiger charge is -2.20. The van der Waals surface area contributed by atoms with Crippen LogP contribution in [-0.2, 0) is 13.0 Å². The molecular formula is C12H22N4. The molecule has 0 aliphatic heterocycles. The van der Waals surface area contributed by atoms with Crippen molar-refractivity contribution in [1.29, 1.82) is 0 Å². The smallest absolute Gasteiger partial charge is 0.0827 e. The highest BCUT2D eigenvalue weighted by molar-refractivity contribution is 4.92. The first-order valence-electron chi connectivity index (χ1n) is 6.47. The van der Waals surface area contributed by atoms with Crippen molar-refractivity contribution in [2.24, 2.45) is 11.7 Å². The third-order valence-corrected chi connectivity index (χ3v) is 3.39. The van der Waals surface area contributed by atoms with Gasteiger partial charge in [-0.3, -0.25) is 4.68 Å². The van der Waals surface area contributed by atoms with Crippen LogP contribution < -0.4 is 5.73 Å².